The van der Waals surface area contributed by atoms with Gasteiger partial charge in [0.2, 0.25) is 0 Å². The van der Waals surface area contributed by atoms with Gasteiger partial charge in [-0.25, -0.2) is 0 Å². The van der Waals surface area contributed by atoms with Gasteiger partial charge in [-0.3, -0.25) is 4.79 Å². The number of amides is 1. The van der Waals surface area contributed by atoms with Crippen molar-refractivity contribution in [3.05, 3.63) is 54.6 Å². The van der Waals surface area contributed by atoms with E-state index in [1.807, 2.05) is 12.1 Å². The molecule has 0 saturated carbocycles. The molecule has 0 unspecified atom stereocenters. The Kier molecular flexibility index (Phi) is 5.19. The Balaban J connectivity index is 2.05. The molecule has 0 fully saturated rings. The molecule has 0 bridgehead atoms. The first-order valence-electron chi connectivity index (χ1n) is 5.90. The maximum Gasteiger partial charge on any atom is 0.252 e. The van der Waals surface area contributed by atoms with Crippen LogP contribution in [-0.2, 0) is 13.0 Å². The molecule has 0 radical (unpaired) electrons. The number of aryl methyl sites for hydroxylation is 1. The predicted molar refractivity (Wildman–Crippen MR) is 86.7 cm³/mol. The molecule has 0 spiro atoms. The van der Waals surface area contributed by atoms with Gasteiger partial charge in [0.1, 0.15) is 0 Å². The standard InChI is InChI=1S/C14H13Br2NOS/c1-2-9-5-6-19-13(9)8-17-14(18)11-4-3-10(15)7-12(11)16/h3-7H,2,8H2,1H3,(H,17,18). The molecule has 0 saturated heterocycles. The fourth-order valence-electron chi connectivity index (χ4n) is 1.77. The number of carbonyl (C=O) groups excluding carboxylic acids is 1. The van der Waals surface area contributed by atoms with Gasteiger partial charge in [0, 0.05) is 13.8 Å². The molecule has 100 valence electrons. The Hall–Kier alpha value is -0.650. The molecular formula is C14H13Br2NOS. The minimum atomic E-state index is -0.0603. The molecule has 0 aliphatic heterocycles. The highest BCUT2D eigenvalue weighted by atomic mass is 79.9. The summed E-state index contributed by atoms with van der Waals surface area (Å²) in [6, 6.07) is 7.65. The summed E-state index contributed by atoms with van der Waals surface area (Å²) in [6.45, 7) is 2.71. The van der Waals surface area contributed by atoms with Crippen molar-refractivity contribution < 1.29 is 4.79 Å². The van der Waals surface area contributed by atoms with Crippen molar-refractivity contribution in [3.8, 4) is 0 Å². The molecular weight excluding hydrogens is 390 g/mol. The molecule has 1 heterocycles. The van der Waals surface area contributed by atoms with Gasteiger partial charge in [-0.2, -0.15) is 0 Å². The van der Waals surface area contributed by atoms with Crippen molar-refractivity contribution in [2.24, 2.45) is 0 Å². The lowest BCUT2D eigenvalue weighted by Gasteiger charge is -2.07. The lowest BCUT2D eigenvalue weighted by Crippen LogP contribution is -2.23. The number of rotatable bonds is 4. The third-order valence-electron chi connectivity index (χ3n) is 2.80. The van der Waals surface area contributed by atoms with E-state index in [4.69, 9.17) is 0 Å². The molecule has 2 rings (SSSR count). The molecule has 0 aliphatic rings. The van der Waals surface area contributed by atoms with Gasteiger partial charge >= 0.3 is 0 Å². The van der Waals surface area contributed by atoms with Crippen LogP contribution < -0.4 is 5.32 Å². The topological polar surface area (TPSA) is 29.1 Å². The van der Waals surface area contributed by atoms with Crippen LogP contribution in [0.3, 0.4) is 0 Å². The fraction of sp³-hybridized carbons (Fsp3) is 0.214. The van der Waals surface area contributed by atoms with Crippen LogP contribution in [0, 0.1) is 0 Å². The van der Waals surface area contributed by atoms with Gasteiger partial charge in [0.25, 0.3) is 5.91 Å². The molecule has 1 aromatic heterocycles. The van der Waals surface area contributed by atoms with E-state index >= 15 is 0 Å². The van der Waals surface area contributed by atoms with E-state index in [1.165, 1.54) is 10.4 Å². The highest BCUT2D eigenvalue weighted by Crippen LogP contribution is 2.22. The number of hydrogen-bond acceptors (Lipinski definition) is 2. The Bertz CT molecular complexity index is 595. The summed E-state index contributed by atoms with van der Waals surface area (Å²) in [6.07, 6.45) is 0.997. The number of halogens is 2. The number of carbonyl (C=O) groups is 1. The normalized spacial score (nSPS) is 10.5. The van der Waals surface area contributed by atoms with Gasteiger partial charge in [0.15, 0.2) is 0 Å². The summed E-state index contributed by atoms with van der Waals surface area (Å²) >= 11 is 8.47. The van der Waals surface area contributed by atoms with E-state index in [0.717, 1.165) is 15.4 Å². The Morgan fingerprint density at radius 2 is 2.11 bits per heavy atom. The van der Waals surface area contributed by atoms with Gasteiger partial charge in [-0.1, -0.05) is 22.9 Å². The van der Waals surface area contributed by atoms with Crippen LogP contribution in [0.1, 0.15) is 27.7 Å². The SMILES string of the molecule is CCc1ccsc1CNC(=O)c1ccc(Br)cc1Br. The lowest BCUT2D eigenvalue weighted by atomic mass is 10.2. The average Bonchev–Trinajstić information content (AvgIpc) is 2.83. The molecule has 5 heteroatoms. The van der Waals surface area contributed by atoms with Gasteiger partial charge in [-0.15, -0.1) is 11.3 Å². The Morgan fingerprint density at radius 3 is 2.79 bits per heavy atom. The van der Waals surface area contributed by atoms with Crippen molar-refractivity contribution in [2.45, 2.75) is 19.9 Å². The Morgan fingerprint density at radius 1 is 1.32 bits per heavy atom. The first-order chi connectivity index (χ1) is 9.11. The molecule has 1 N–H and O–H groups in total. The molecule has 2 aromatic rings. The molecule has 19 heavy (non-hydrogen) atoms. The van der Waals surface area contributed by atoms with Crippen LogP contribution in [0.25, 0.3) is 0 Å². The van der Waals surface area contributed by atoms with Crippen molar-refractivity contribution in [3.63, 3.8) is 0 Å². The first-order valence-corrected chi connectivity index (χ1v) is 8.37. The zero-order valence-electron chi connectivity index (χ0n) is 10.4. The zero-order chi connectivity index (χ0) is 13.8. The van der Waals surface area contributed by atoms with E-state index in [2.05, 4.69) is 55.5 Å². The minimum absolute atomic E-state index is 0.0603. The molecule has 1 aromatic carbocycles. The van der Waals surface area contributed by atoms with E-state index in [1.54, 1.807) is 17.4 Å². The summed E-state index contributed by atoms with van der Waals surface area (Å²) in [4.78, 5) is 13.3. The molecule has 2 nitrogen and oxygen atoms in total. The first kappa shape index (κ1) is 14.8. The van der Waals surface area contributed by atoms with Crippen LogP contribution in [0.2, 0.25) is 0 Å². The smallest absolute Gasteiger partial charge is 0.252 e. The highest BCUT2D eigenvalue weighted by molar-refractivity contribution is 9.11. The molecule has 0 atom stereocenters. The van der Waals surface area contributed by atoms with Crippen LogP contribution >= 0.6 is 43.2 Å². The predicted octanol–water partition coefficient (Wildman–Crippen LogP) is 4.77. The number of thiophene rings is 1. The van der Waals surface area contributed by atoms with Gasteiger partial charge < -0.3 is 5.32 Å². The summed E-state index contributed by atoms with van der Waals surface area (Å²) < 4.78 is 1.74. The van der Waals surface area contributed by atoms with Crippen LogP contribution in [0.15, 0.2) is 38.6 Å². The van der Waals surface area contributed by atoms with Crippen molar-refractivity contribution in [2.75, 3.05) is 0 Å². The van der Waals surface area contributed by atoms with Gasteiger partial charge in [0.05, 0.1) is 12.1 Å². The number of benzene rings is 1. The maximum absolute atomic E-state index is 12.1. The van der Waals surface area contributed by atoms with E-state index in [0.29, 0.717) is 12.1 Å². The zero-order valence-corrected chi connectivity index (χ0v) is 14.4. The van der Waals surface area contributed by atoms with Gasteiger partial charge in [-0.05, 0) is 57.6 Å². The number of hydrogen-bond donors (Lipinski definition) is 1. The molecule has 0 aliphatic carbocycles. The number of nitrogens with one attached hydrogen (secondary N) is 1. The summed E-state index contributed by atoms with van der Waals surface area (Å²) in [5.41, 5.74) is 1.96. The minimum Gasteiger partial charge on any atom is -0.347 e. The maximum atomic E-state index is 12.1. The Labute approximate surface area is 133 Å². The van der Waals surface area contributed by atoms with Crippen molar-refractivity contribution >= 4 is 49.1 Å². The second kappa shape index (κ2) is 6.68. The van der Waals surface area contributed by atoms with Crippen molar-refractivity contribution in [1.82, 2.24) is 5.32 Å². The monoisotopic (exact) mass is 401 g/mol. The largest absolute Gasteiger partial charge is 0.347 e. The van der Waals surface area contributed by atoms with E-state index in [-0.39, 0.29) is 5.91 Å². The summed E-state index contributed by atoms with van der Waals surface area (Å²) in [5, 5.41) is 5.03. The lowest BCUT2D eigenvalue weighted by molar-refractivity contribution is 0.0950. The van der Waals surface area contributed by atoms with E-state index in [9.17, 15) is 4.79 Å². The third-order valence-corrected chi connectivity index (χ3v) is 4.92. The van der Waals surface area contributed by atoms with E-state index < -0.39 is 0 Å². The van der Waals surface area contributed by atoms with Crippen molar-refractivity contribution in [1.29, 1.82) is 0 Å². The van der Waals surface area contributed by atoms with Crippen LogP contribution in [0.4, 0.5) is 0 Å². The second-order valence-corrected chi connectivity index (χ2v) is 6.80. The third kappa shape index (κ3) is 3.68. The van der Waals surface area contributed by atoms with Crippen LogP contribution in [0.5, 0.6) is 0 Å². The van der Waals surface area contributed by atoms with Crippen LogP contribution in [-0.4, -0.2) is 5.91 Å². The summed E-state index contributed by atoms with van der Waals surface area (Å²) in [5.74, 6) is -0.0603. The second-order valence-electron chi connectivity index (χ2n) is 4.03. The quantitative estimate of drug-likeness (QED) is 0.784. The molecule has 1 amide bonds. The average molecular weight is 403 g/mol. The highest BCUT2D eigenvalue weighted by Gasteiger charge is 2.11. The fourth-order valence-corrected chi connectivity index (χ4v) is 3.91. The summed E-state index contributed by atoms with van der Waals surface area (Å²) in [7, 11) is 0.